The van der Waals surface area contributed by atoms with Crippen LogP contribution in [0.3, 0.4) is 0 Å². The fourth-order valence-electron chi connectivity index (χ4n) is 6.95. The third kappa shape index (κ3) is 4.33. The van der Waals surface area contributed by atoms with Gasteiger partial charge in [-0.15, -0.1) is 0 Å². The van der Waals surface area contributed by atoms with Gasteiger partial charge in [0.05, 0.1) is 23.0 Å². The molecule has 3 aliphatic heterocycles. The number of piperidine rings is 1. The lowest BCUT2D eigenvalue weighted by Gasteiger charge is -2.42. The van der Waals surface area contributed by atoms with E-state index in [0.29, 0.717) is 31.2 Å². The van der Waals surface area contributed by atoms with E-state index in [0.717, 1.165) is 54.5 Å². The number of benzene rings is 2. The van der Waals surface area contributed by atoms with E-state index in [9.17, 15) is 14.0 Å². The number of halogens is 1. The molecule has 7 nitrogen and oxygen atoms in total. The van der Waals surface area contributed by atoms with E-state index in [4.69, 9.17) is 0 Å². The number of fused-ring (bicyclic) bond motifs is 3. The molecule has 4 atom stereocenters. The number of aryl methyl sites for hydroxylation is 1. The normalized spacial score (nSPS) is 23.9. The van der Waals surface area contributed by atoms with Crippen molar-refractivity contribution >= 4 is 28.5 Å². The Labute approximate surface area is 223 Å². The van der Waals surface area contributed by atoms with E-state index in [1.807, 2.05) is 13.0 Å². The molecule has 3 aliphatic rings. The highest BCUT2D eigenvalue weighted by Gasteiger charge is 2.42. The lowest BCUT2D eigenvalue weighted by atomic mass is 9.94. The topological polar surface area (TPSA) is 70.5 Å². The minimum atomic E-state index is -0.246. The first-order chi connectivity index (χ1) is 18.3. The van der Waals surface area contributed by atoms with E-state index in [-0.39, 0.29) is 29.6 Å². The van der Waals surface area contributed by atoms with Crippen LogP contribution in [0.4, 0.5) is 10.1 Å². The first-order valence-electron chi connectivity index (χ1n) is 13.9. The lowest BCUT2D eigenvalue weighted by Crippen LogP contribution is -2.55. The molecule has 2 bridgehead atoms. The van der Waals surface area contributed by atoms with E-state index in [1.165, 1.54) is 17.8 Å². The molecule has 3 aromatic rings. The summed E-state index contributed by atoms with van der Waals surface area (Å²) in [7, 11) is 0. The number of amides is 2. The van der Waals surface area contributed by atoms with Crippen LogP contribution in [-0.4, -0.2) is 51.4 Å². The molecule has 0 radical (unpaired) electrons. The van der Waals surface area contributed by atoms with Crippen LogP contribution in [0.15, 0.2) is 42.5 Å². The van der Waals surface area contributed by atoms with E-state index in [2.05, 4.69) is 51.0 Å². The fraction of sp³-hybridized carbons (Fsp3) is 0.500. The van der Waals surface area contributed by atoms with Gasteiger partial charge in [-0.2, -0.15) is 0 Å². The Morgan fingerprint density at radius 3 is 2.50 bits per heavy atom. The van der Waals surface area contributed by atoms with Gasteiger partial charge in [-0.3, -0.25) is 9.59 Å². The number of likely N-dealkylation sites (tertiary alicyclic amines) is 1. The average Bonchev–Trinajstić information content (AvgIpc) is 3.32. The zero-order chi connectivity index (χ0) is 26.6. The Morgan fingerprint density at radius 1 is 1.08 bits per heavy atom. The summed E-state index contributed by atoms with van der Waals surface area (Å²) in [6.07, 6.45) is 5.20. The standard InChI is InChI=1S/C30H36FN5O2/c1-4-27(33-30(38)21-16-34(17-21)19(3)37)20-6-5-7-23(12-20)36-24-9-10-25(36)15-26(14-24)35-18(2)32-28-13-22(31)8-11-29(28)35/h5-8,11-13,21,24-27H,4,9-10,14-17H2,1-3H3,(H,33,38)/t24-,25+,26?,27-/m0/s1. The predicted molar refractivity (Wildman–Crippen MR) is 145 cm³/mol. The Balaban J connectivity index is 1.18. The number of carbonyl (C=O) groups is 2. The number of nitrogens with zero attached hydrogens (tertiary/aromatic N) is 4. The van der Waals surface area contributed by atoms with Gasteiger partial charge in [0.15, 0.2) is 0 Å². The fourth-order valence-corrected chi connectivity index (χ4v) is 6.95. The summed E-state index contributed by atoms with van der Waals surface area (Å²) < 4.78 is 16.1. The third-order valence-electron chi connectivity index (χ3n) is 8.89. The van der Waals surface area contributed by atoms with Crippen molar-refractivity contribution in [1.82, 2.24) is 19.8 Å². The third-order valence-corrected chi connectivity index (χ3v) is 8.89. The molecule has 2 aromatic carbocycles. The summed E-state index contributed by atoms with van der Waals surface area (Å²) in [6.45, 7) is 6.69. The highest BCUT2D eigenvalue weighted by molar-refractivity contribution is 5.84. The molecular weight excluding hydrogens is 481 g/mol. The summed E-state index contributed by atoms with van der Waals surface area (Å²) in [4.78, 5) is 33.3. The van der Waals surface area contributed by atoms with Crippen LogP contribution in [0.5, 0.6) is 0 Å². The first kappa shape index (κ1) is 24.9. The monoisotopic (exact) mass is 517 g/mol. The molecule has 8 heteroatoms. The molecule has 1 aromatic heterocycles. The van der Waals surface area contributed by atoms with E-state index < -0.39 is 0 Å². The predicted octanol–water partition coefficient (Wildman–Crippen LogP) is 4.90. The van der Waals surface area contributed by atoms with Crippen molar-refractivity contribution in [3.8, 4) is 0 Å². The number of rotatable bonds is 6. The lowest BCUT2D eigenvalue weighted by molar-refractivity contribution is -0.141. The van der Waals surface area contributed by atoms with Crippen molar-refractivity contribution in [2.24, 2.45) is 5.92 Å². The maximum Gasteiger partial charge on any atom is 0.227 e. The molecular formula is C30H36FN5O2. The van der Waals surface area contributed by atoms with E-state index in [1.54, 1.807) is 11.8 Å². The second-order valence-corrected chi connectivity index (χ2v) is 11.3. The maximum absolute atomic E-state index is 13.8. The molecule has 38 heavy (non-hydrogen) atoms. The average molecular weight is 518 g/mol. The number of hydrogen-bond acceptors (Lipinski definition) is 4. The van der Waals surface area contributed by atoms with Gasteiger partial charge in [0.1, 0.15) is 11.6 Å². The minimum absolute atomic E-state index is 0.0254. The maximum atomic E-state index is 13.8. The van der Waals surface area contributed by atoms with Crippen molar-refractivity contribution in [2.75, 3.05) is 18.0 Å². The van der Waals surface area contributed by atoms with Crippen LogP contribution in [-0.2, 0) is 9.59 Å². The summed E-state index contributed by atoms with van der Waals surface area (Å²) in [5.41, 5.74) is 4.10. The Morgan fingerprint density at radius 2 is 1.82 bits per heavy atom. The number of anilines is 1. The van der Waals surface area contributed by atoms with Gasteiger partial charge in [0.25, 0.3) is 0 Å². The second kappa shape index (κ2) is 9.71. The summed E-state index contributed by atoms with van der Waals surface area (Å²) in [6, 6.07) is 14.8. The number of imidazole rings is 1. The van der Waals surface area contributed by atoms with Crippen LogP contribution >= 0.6 is 0 Å². The molecule has 2 amide bonds. The van der Waals surface area contributed by atoms with Crippen LogP contribution in [0, 0.1) is 18.7 Å². The molecule has 0 aliphatic carbocycles. The van der Waals surface area contributed by atoms with Crippen LogP contribution in [0.25, 0.3) is 11.0 Å². The quantitative estimate of drug-likeness (QED) is 0.505. The SMILES string of the molecule is CC[C@H](NC(=O)C1CN(C(C)=O)C1)c1cccc(N2[C@@H]3CC[C@H]2CC(n2c(C)nc4cc(F)ccc42)C3)c1. The van der Waals surface area contributed by atoms with Gasteiger partial charge >= 0.3 is 0 Å². The van der Waals surface area contributed by atoms with Crippen molar-refractivity contribution in [1.29, 1.82) is 0 Å². The van der Waals surface area contributed by atoms with Gasteiger partial charge in [0, 0.05) is 49.9 Å². The van der Waals surface area contributed by atoms with Crippen molar-refractivity contribution < 1.29 is 14.0 Å². The zero-order valence-corrected chi connectivity index (χ0v) is 22.4. The summed E-state index contributed by atoms with van der Waals surface area (Å²) >= 11 is 0. The Hall–Kier alpha value is -3.42. The number of nitrogens with one attached hydrogen (secondary N) is 1. The number of hydrogen-bond donors (Lipinski definition) is 1. The Kier molecular flexibility index (Phi) is 6.36. The highest BCUT2D eigenvalue weighted by atomic mass is 19.1. The van der Waals surface area contributed by atoms with Gasteiger partial charge in [-0.1, -0.05) is 19.1 Å². The minimum Gasteiger partial charge on any atom is -0.365 e. The van der Waals surface area contributed by atoms with Crippen LogP contribution < -0.4 is 10.2 Å². The van der Waals surface area contributed by atoms with Crippen LogP contribution in [0.2, 0.25) is 0 Å². The van der Waals surface area contributed by atoms with Gasteiger partial charge in [-0.05, 0) is 68.9 Å². The molecule has 1 N–H and O–H groups in total. The smallest absolute Gasteiger partial charge is 0.227 e. The summed E-state index contributed by atoms with van der Waals surface area (Å²) in [5, 5.41) is 3.23. The Bertz CT molecular complexity index is 1370. The molecule has 3 fully saturated rings. The van der Waals surface area contributed by atoms with E-state index >= 15 is 0 Å². The molecule has 4 heterocycles. The molecule has 1 unspecified atom stereocenters. The number of carbonyl (C=O) groups excluding carboxylic acids is 2. The second-order valence-electron chi connectivity index (χ2n) is 11.3. The molecule has 6 rings (SSSR count). The van der Waals surface area contributed by atoms with Crippen LogP contribution in [0.1, 0.15) is 69.4 Å². The van der Waals surface area contributed by atoms with Crippen molar-refractivity contribution in [3.63, 3.8) is 0 Å². The molecule has 0 spiro atoms. The summed E-state index contributed by atoms with van der Waals surface area (Å²) in [5.74, 6) is 0.639. The largest absolute Gasteiger partial charge is 0.365 e. The highest BCUT2D eigenvalue weighted by Crippen LogP contribution is 2.45. The molecule has 0 saturated carbocycles. The van der Waals surface area contributed by atoms with Crippen molar-refractivity contribution in [3.05, 3.63) is 59.7 Å². The molecule has 3 saturated heterocycles. The van der Waals surface area contributed by atoms with Gasteiger partial charge in [-0.25, -0.2) is 9.37 Å². The zero-order valence-electron chi connectivity index (χ0n) is 22.4. The van der Waals surface area contributed by atoms with Crippen molar-refractivity contribution in [2.45, 2.75) is 77.0 Å². The molecule has 200 valence electrons. The van der Waals surface area contributed by atoms with Gasteiger partial charge < -0.3 is 19.7 Å². The number of aromatic nitrogens is 2. The van der Waals surface area contributed by atoms with Gasteiger partial charge in [0.2, 0.25) is 11.8 Å². The first-order valence-corrected chi connectivity index (χ1v) is 13.9.